The van der Waals surface area contributed by atoms with Crippen LogP contribution < -0.4 is 9.84 Å². The van der Waals surface area contributed by atoms with E-state index in [0.29, 0.717) is 12.2 Å². The van der Waals surface area contributed by atoms with Crippen LogP contribution in [0.5, 0.6) is 5.75 Å². The third kappa shape index (κ3) is 4.98. The number of carboxylic acids is 1. The molecule has 3 nitrogen and oxygen atoms in total. The van der Waals surface area contributed by atoms with Crippen molar-refractivity contribution in [1.82, 2.24) is 0 Å². The fraction of sp³-hybridized carbons (Fsp3) is 0.348. The summed E-state index contributed by atoms with van der Waals surface area (Å²) in [5.74, 6) is -0.226. The molecule has 1 aromatic carbocycles. The number of carbonyl (C=O) groups is 1. The Bertz CT molecular complexity index is 828. The molecule has 138 valence electrons. The molecule has 2 rings (SSSR count). The molecule has 0 saturated heterocycles. The molecule has 1 heterocycles. The van der Waals surface area contributed by atoms with Gasteiger partial charge in [0.15, 0.2) is 0 Å². The molecule has 0 fully saturated rings. The van der Waals surface area contributed by atoms with Gasteiger partial charge in [0.1, 0.15) is 12.4 Å². The first-order chi connectivity index (χ1) is 12.1. The second-order valence-electron chi connectivity index (χ2n) is 7.84. The fourth-order valence-electron chi connectivity index (χ4n) is 2.83. The van der Waals surface area contributed by atoms with E-state index in [1.54, 1.807) is 13.0 Å². The van der Waals surface area contributed by atoms with E-state index in [4.69, 9.17) is 4.74 Å². The van der Waals surface area contributed by atoms with Gasteiger partial charge in [-0.1, -0.05) is 45.1 Å². The maximum atomic E-state index is 10.5. The zero-order chi connectivity index (χ0) is 19.5. The van der Waals surface area contributed by atoms with Crippen molar-refractivity contribution in [2.24, 2.45) is 0 Å². The fourth-order valence-corrected chi connectivity index (χ4v) is 2.83. The zero-order valence-corrected chi connectivity index (χ0v) is 16.5. The third-order valence-corrected chi connectivity index (χ3v) is 4.43. The van der Waals surface area contributed by atoms with Crippen molar-refractivity contribution in [3.8, 4) is 5.75 Å². The molecule has 1 aliphatic heterocycles. The van der Waals surface area contributed by atoms with E-state index in [2.05, 4.69) is 45.9 Å². The number of hydrogen-bond donors (Lipinski definition) is 0. The van der Waals surface area contributed by atoms with Crippen LogP contribution in [0.2, 0.25) is 0 Å². The molecule has 0 N–H and O–H groups in total. The average molecular weight is 351 g/mol. The van der Waals surface area contributed by atoms with E-state index in [-0.39, 0.29) is 5.41 Å². The zero-order valence-electron chi connectivity index (χ0n) is 16.5. The lowest BCUT2D eigenvalue weighted by Gasteiger charge is -2.25. The Morgan fingerprint density at radius 2 is 1.92 bits per heavy atom. The van der Waals surface area contributed by atoms with Gasteiger partial charge in [0.05, 0.1) is 5.97 Å². The highest BCUT2D eigenvalue weighted by Gasteiger charge is 2.20. The molecule has 26 heavy (non-hydrogen) atoms. The van der Waals surface area contributed by atoms with Crippen LogP contribution in [0.15, 0.2) is 53.2 Å². The van der Waals surface area contributed by atoms with Crippen LogP contribution in [0.25, 0.3) is 6.08 Å². The van der Waals surface area contributed by atoms with Crippen molar-refractivity contribution in [1.29, 1.82) is 0 Å². The average Bonchev–Trinajstić information content (AvgIpc) is 2.52. The minimum Gasteiger partial charge on any atom is -0.545 e. The normalized spacial score (nSPS) is 15.5. The summed E-state index contributed by atoms with van der Waals surface area (Å²) in [5.41, 5.74) is 6.49. The van der Waals surface area contributed by atoms with Gasteiger partial charge >= 0.3 is 0 Å². The van der Waals surface area contributed by atoms with Crippen molar-refractivity contribution < 1.29 is 14.6 Å². The molecule has 0 aromatic heterocycles. The number of fused-ring (bicyclic) bond motifs is 1. The van der Waals surface area contributed by atoms with E-state index in [1.165, 1.54) is 5.56 Å². The van der Waals surface area contributed by atoms with Crippen molar-refractivity contribution in [3.63, 3.8) is 0 Å². The molecule has 0 atom stereocenters. The number of aliphatic carboxylic acids is 1. The monoisotopic (exact) mass is 351 g/mol. The Kier molecular flexibility index (Phi) is 5.91. The second kappa shape index (κ2) is 7.77. The van der Waals surface area contributed by atoms with Crippen molar-refractivity contribution >= 4 is 12.0 Å². The molecule has 0 amide bonds. The molecule has 0 aliphatic carbocycles. The number of carbonyl (C=O) groups excluding carboxylic acids is 1. The maximum Gasteiger partial charge on any atom is 0.129 e. The number of hydrogen-bond acceptors (Lipinski definition) is 3. The van der Waals surface area contributed by atoms with E-state index in [1.807, 2.05) is 19.1 Å². The lowest BCUT2D eigenvalue weighted by molar-refractivity contribution is -0.297. The van der Waals surface area contributed by atoms with Crippen LogP contribution in [0.3, 0.4) is 0 Å². The Hall–Kier alpha value is -2.55. The molecule has 0 bridgehead atoms. The highest BCUT2D eigenvalue weighted by atomic mass is 16.5. The molecule has 3 heteroatoms. The van der Waals surface area contributed by atoms with Gasteiger partial charge in [-0.25, -0.2) is 0 Å². The van der Waals surface area contributed by atoms with Gasteiger partial charge < -0.3 is 14.6 Å². The number of rotatable bonds is 4. The van der Waals surface area contributed by atoms with Crippen LogP contribution in [-0.4, -0.2) is 12.6 Å². The molecular weight excluding hydrogens is 324 g/mol. The van der Waals surface area contributed by atoms with Gasteiger partial charge in [-0.2, -0.15) is 0 Å². The molecule has 0 spiro atoms. The van der Waals surface area contributed by atoms with Gasteiger partial charge in [0.25, 0.3) is 0 Å². The summed E-state index contributed by atoms with van der Waals surface area (Å²) in [6.45, 7) is 13.0. The van der Waals surface area contributed by atoms with Crippen molar-refractivity contribution in [2.75, 3.05) is 6.61 Å². The third-order valence-electron chi connectivity index (χ3n) is 4.43. The summed E-state index contributed by atoms with van der Waals surface area (Å²) in [5, 5.41) is 10.5. The topological polar surface area (TPSA) is 49.4 Å². The van der Waals surface area contributed by atoms with Crippen LogP contribution >= 0.6 is 0 Å². The largest absolute Gasteiger partial charge is 0.545 e. The molecule has 0 unspecified atom stereocenters. The summed E-state index contributed by atoms with van der Waals surface area (Å²) in [6, 6.07) is 4.41. The van der Waals surface area contributed by atoms with Crippen LogP contribution in [0.4, 0.5) is 0 Å². The van der Waals surface area contributed by atoms with E-state index in [0.717, 1.165) is 34.1 Å². The molecule has 1 aliphatic rings. The molecular formula is C23H27O3-. The first-order valence-electron chi connectivity index (χ1n) is 8.81. The first-order valence-corrected chi connectivity index (χ1v) is 8.81. The molecule has 0 radical (unpaired) electrons. The van der Waals surface area contributed by atoms with Crippen LogP contribution in [-0.2, 0) is 10.2 Å². The minimum absolute atomic E-state index is 0.0850. The summed E-state index contributed by atoms with van der Waals surface area (Å²) < 4.78 is 6.01. The maximum absolute atomic E-state index is 10.5. The summed E-state index contributed by atoms with van der Waals surface area (Å²) in [6.07, 6.45) is 8.82. The minimum atomic E-state index is -1.18. The van der Waals surface area contributed by atoms with Gasteiger partial charge in [0.2, 0.25) is 0 Å². The predicted octanol–water partition coefficient (Wildman–Crippen LogP) is 4.27. The Morgan fingerprint density at radius 1 is 1.23 bits per heavy atom. The van der Waals surface area contributed by atoms with E-state index < -0.39 is 5.97 Å². The second-order valence-corrected chi connectivity index (χ2v) is 7.84. The number of carboxylic acid groups (broad SMARTS) is 1. The molecule has 0 saturated carbocycles. The van der Waals surface area contributed by atoms with Crippen LogP contribution in [0.1, 0.15) is 51.3 Å². The molecule has 1 aromatic rings. The quantitative estimate of drug-likeness (QED) is 0.601. The summed E-state index contributed by atoms with van der Waals surface area (Å²) in [4.78, 5) is 10.5. The highest BCUT2D eigenvalue weighted by Crippen LogP contribution is 2.36. The van der Waals surface area contributed by atoms with Gasteiger partial charge in [-0.3, -0.25) is 0 Å². The Labute approximate surface area is 156 Å². The van der Waals surface area contributed by atoms with E-state index in [9.17, 15) is 9.90 Å². The summed E-state index contributed by atoms with van der Waals surface area (Å²) in [7, 11) is 0. The van der Waals surface area contributed by atoms with Gasteiger partial charge in [-0.05, 0) is 72.3 Å². The van der Waals surface area contributed by atoms with Crippen LogP contribution in [0, 0.1) is 6.92 Å². The number of ether oxygens (including phenoxy) is 1. The Morgan fingerprint density at radius 3 is 2.54 bits per heavy atom. The van der Waals surface area contributed by atoms with Gasteiger partial charge in [0, 0.05) is 5.56 Å². The predicted molar refractivity (Wildman–Crippen MR) is 105 cm³/mol. The van der Waals surface area contributed by atoms with E-state index >= 15 is 0 Å². The standard InChI is InChI=1S/C23H28O3/c1-15(10-21(24)25)8-7-9-16(2)19-12-18-13-20(23(4,5)6)11-17(3)22(18)26-14-19/h7-13H,14H2,1-6H3,(H,24,25)/p-1/b8-7+,15-10+,16-9+. The Balaban J connectivity index is 2.31. The first kappa shape index (κ1) is 19.8. The highest BCUT2D eigenvalue weighted by molar-refractivity contribution is 5.79. The van der Waals surface area contributed by atoms with Crippen molar-refractivity contribution in [2.45, 2.75) is 47.0 Å². The van der Waals surface area contributed by atoms with Gasteiger partial charge in [-0.15, -0.1) is 0 Å². The van der Waals surface area contributed by atoms with Crippen molar-refractivity contribution in [3.05, 3.63) is 69.8 Å². The lowest BCUT2D eigenvalue weighted by atomic mass is 9.84. The smallest absolute Gasteiger partial charge is 0.129 e. The SMILES string of the molecule is CC(/C=C/C=C(\C)C1=Cc2cc(C(C)(C)C)cc(C)c2OC1)=C\C(=O)[O-]. The lowest BCUT2D eigenvalue weighted by Crippen LogP contribution is -2.19. The number of allylic oxidation sites excluding steroid dienone is 4. The number of aryl methyl sites for hydroxylation is 1. The summed E-state index contributed by atoms with van der Waals surface area (Å²) >= 11 is 0. The number of benzene rings is 1.